The Hall–Kier alpha value is -2.62. The van der Waals surface area contributed by atoms with Crippen LogP contribution < -0.4 is 11.1 Å². The molecule has 1 amide bonds. The van der Waals surface area contributed by atoms with Gasteiger partial charge in [-0.15, -0.1) is 0 Å². The lowest BCUT2D eigenvalue weighted by Crippen LogP contribution is -2.04. The van der Waals surface area contributed by atoms with Crippen LogP contribution in [0.5, 0.6) is 0 Å². The van der Waals surface area contributed by atoms with E-state index >= 15 is 0 Å². The van der Waals surface area contributed by atoms with Crippen molar-refractivity contribution in [2.24, 2.45) is 0 Å². The molecule has 3 rings (SSSR count). The summed E-state index contributed by atoms with van der Waals surface area (Å²) in [5.74, 6) is 0.362. The molecule has 88 valence electrons. The predicted molar refractivity (Wildman–Crippen MR) is 71.6 cm³/mol. The molecule has 18 heavy (non-hydrogen) atoms. The van der Waals surface area contributed by atoms with Gasteiger partial charge in [-0.1, -0.05) is 30.3 Å². The van der Waals surface area contributed by atoms with Crippen LogP contribution in [0.2, 0.25) is 0 Å². The molecule has 0 saturated carbocycles. The number of fused-ring (bicyclic) bond motifs is 1. The highest BCUT2D eigenvalue weighted by Gasteiger charge is 2.27. The molecule has 4 nitrogen and oxygen atoms in total. The second kappa shape index (κ2) is 4.00. The Balaban J connectivity index is 2.15. The monoisotopic (exact) mass is 237 g/mol. The Morgan fingerprint density at radius 2 is 1.94 bits per heavy atom. The molecule has 0 unspecified atom stereocenters. The molecule has 1 aromatic heterocycles. The molecule has 0 fully saturated rings. The van der Waals surface area contributed by atoms with Crippen molar-refractivity contribution in [2.45, 2.75) is 0 Å². The quantitative estimate of drug-likeness (QED) is 0.747. The van der Waals surface area contributed by atoms with Crippen LogP contribution in [-0.4, -0.2) is 10.9 Å². The summed E-state index contributed by atoms with van der Waals surface area (Å²) in [4.78, 5) is 16.0. The van der Waals surface area contributed by atoms with Crippen molar-refractivity contribution in [3.63, 3.8) is 0 Å². The minimum Gasteiger partial charge on any atom is -0.398 e. The molecule has 0 atom stereocenters. The molecule has 2 heterocycles. The van der Waals surface area contributed by atoms with Crippen molar-refractivity contribution in [1.29, 1.82) is 0 Å². The van der Waals surface area contributed by atoms with Gasteiger partial charge in [0.1, 0.15) is 5.82 Å². The second-order valence-electron chi connectivity index (χ2n) is 4.05. The Morgan fingerprint density at radius 3 is 2.72 bits per heavy atom. The first-order chi connectivity index (χ1) is 8.75. The fourth-order valence-corrected chi connectivity index (χ4v) is 2.00. The third-order valence-corrected chi connectivity index (χ3v) is 2.84. The number of amides is 1. The topological polar surface area (TPSA) is 68.0 Å². The maximum Gasteiger partial charge on any atom is 0.257 e. The largest absolute Gasteiger partial charge is 0.398 e. The molecule has 2 aromatic rings. The van der Waals surface area contributed by atoms with Gasteiger partial charge in [0, 0.05) is 11.9 Å². The van der Waals surface area contributed by atoms with Gasteiger partial charge in [-0.3, -0.25) is 4.79 Å². The number of nitrogens with two attached hydrogens (primary N) is 1. The van der Waals surface area contributed by atoms with Crippen molar-refractivity contribution in [3.05, 3.63) is 53.7 Å². The lowest BCUT2D eigenvalue weighted by molar-refractivity contribution is -0.110. The number of aromatic nitrogens is 1. The summed E-state index contributed by atoms with van der Waals surface area (Å²) in [5, 5.41) is 2.71. The van der Waals surface area contributed by atoms with Crippen LogP contribution in [0.3, 0.4) is 0 Å². The molecule has 1 aliphatic rings. The third kappa shape index (κ3) is 1.64. The van der Waals surface area contributed by atoms with Gasteiger partial charge >= 0.3 is 0 Å². The zero-order valence-electron chi connectivity index (χ0n) is 9.55. The SMILES string of the molecule is Nc1ccnc2c1C(=Cc1ccccc1)C(=O)N2. The number of pyridine rings is 1. The van der Waals surface area contributed by atoms with Crippen LogP contribution in [0.4, 0.5) is 11.5 Å². The van der Waals surface area contributed by atoms with E-state index in [1.54, 1.807) is 12.3 Å². The lowest BCUT2D eigenvalue weighted by atomic mass is 10.0. The lowest BCUT2D eigenvalue weighted by Gasteiger charge is -2.01. The van der Waals surface area contributed by atoms with Crippen molar-refractivity contribution < 1.29 is 4.79 Å². The zero-order valence-corrected chi connectivity index (χ0v) is 9.55. The minimum atomic E-state index is -0.167. The Morgan fingerprint density at radius 1 is 1.17 bits per heavy atom. The number of carbonyl (C=O) groups is 1. The molecule has 0 spiro atoms. The third-order valence-electron chi connectivity index (χ3n) is 2.84. The predicted octanol–water partition coefficient (Wildman–Crippen LogP) is 2.16. The van der Waals surface area contributed by atoms with Gasteiger partial charge in [-0.2, -0.15) is 0 Å². The highest BCUT2D eigenvalue weighted by atomic mass is 16.2. The number of anilines is 2. The molecule has 4 heteroatoms. The molecule has 1 aromatic carbocycles. The number of rotatable bonds is 1. The van der Waals surface area contributed by atoms with Gasteiger partial charge in [-0.25, -0.2) is 4.98 Å². The van der Waals surface area contributed by atoms with E-state index in [0.717, 1.165) is 5.56 Å². The molecule has 0 saturated heterocycles. The smallest absolute Gasteiger partial charge is 0.257 e. The molecule has 0 aliphatic carbocycles. The number of carbonyl (C=O) groups excluding carboxylic acids is 1. The van der Waals surface area contributed by atoms with E-state index in [4.69, 9.17) is 5.73 Å². The summed E-state index contributed by atoms with van der Waals surface area (Å²) in [5.41, 5.74) is 8.66. The number of hydrogen-bond acceptors (Lipinski definition) is 3. The number of hydrogen-bond donors (Lipinski definition) is 2. The van der Waals surface area contributed by atoms with E-state index < -0.39 is 0 Å². The van der Waals surface area contributed by atoms with E-state index in [1.165, 1.54) is 0 Å². The van der Waals surface area contributed by atoms with Crippen LogP contribution in [0.1, 0.15) is 11.1 Å². The summed E-state index contributed by atoms with van der Waals surface area (Å²) in [6.45, 7) is 0. The first-order valence-corrected chi connectivity index (χ1v) is 5.58. The van der Waals surface area contributed by atoms with Crippen LogP contribution in [0.15, 0.2) is 42.6 Å². The first kappa shape index (κ1) is 10.5. The van der Waals surface area contributed by atoms with Gasteiger partial charge in [0.15, 0.2) is 0 Å². The highest BCUT2D eigenvalue weighted by molar-refractivity contribution is 6.35. The standard InChI is InChI=1S/C14H11N3O/c15-11-6-7-16-13-12(11)10(14(18)17-13)8-9-4-2-1-3-5-9/h1-8H,(H3,15,16,17,18). The molecule has 0 radical (unpaired) electrons. The van der Waals surface area contributed by atoms with Crippen molar-refractivity contribution in [1.82, 2.24) is 4.98 Å². The number of nitrogens with one attached hydrogen (secondary N) is 1. The summed E-state index contributed by atoms with van der Waals surface area (Å²) in [6, 6.07) is 11.3. The molecular formula is C14H11N3O. The molecule has 1 aliphatic heterocycles. The van der Waals surface area contributed by atoms with Gasteiger partial charge in [0.05, 0.1) is 11.1 Å². The van der Waals surface area contributed by atoms with Crippen molar-refractivity contribution in [2.75, 3.05) is 11.1 Å². The van der Waals surface area contributed by atoms with Gasteiger partial charge in [0.2, 0.25) is 0 Å². The van der Waals surface area contributed by atoms with E-state index in [-0.39, 0.29) is 5.91 Å². The summed E-state index contributed by atoms with van der Waals surface area (Å²) in [7, 11) is 0. The Bertz CT molecular complexity index is 647. The van der Waals surface area contributed by atoms with Crippen LogP contribution in [0.25, 0.3) is 11.6 Å². The van der Waals surface area contributed by atoms with E-state index in [2.05, 4.69) is 10.3 Å². The fourth-order valence-electron chi connectivity index (χ4n) is 2.00. The normalized spacial score (nSPS) is 15.6. The van der Waals surface area contributed by atoms with Gasteiger partial charge in [0.25, 0.3) is 5.91 Å². The minimum absolute atomic E-state index is 0.167. The van der Waals surface area contributed by atoms with E-state index in [9.17, 15) is 4.79 Å². The van der Waals surface area contributed by atoms with Crippen LogP contribution in [-0.2, 0) is 4.79 Å². The zero-order chi connectivity index (χ0) is 12.5. The number of nitrogen functional groups attached to an aromatic ring is 1. The maximum absolute atomic E-state index is 11.9. The van der Waals surface area contributed by atoms with Gasteiger partial charge < -0.3 is 11.1 Å². The van der Waals surface area contributed by atoms with Gasteiger partial charge in [-0.05, 0) is 17.7 Å². The number of benzene rings is 1. The van der Waals surface area contributed by atoms with Crippen LogP contribution in [0, 0.1) is 0 Å². The van der Waals surface area contributed by atoms with Crippen molar-refractivity contribution in [3.8, 4) is 0 Å². The fraction of sp³-hybridized carbons (Fsp3) is 0. The molecular weight excluding hydrogens is 226 g/mol. The summed E-state index contributed by atoms with van der Waals surface area (Å²) in [6.07, 6.45) is 3.40. The Labute approximate surface area is 104 Å². The average molecular weight is 237 g/mol. The van der Waals surface area contributed by atoms with E-state index in [0.29, 0.717) is 22.6 Å². The first-order valence-electron chi connectivity index (χ1n) is 5.58. The van der Waals surface area contributed by atoms with Crippen molar-refractivity contribution >= 4 is 29.1 Å². The highest BCUT2D eigenvalue weighted by Crippen LogP contribution is 2.35. The number of nitrogens with zero attached hydrogens (tertiary/aromatic N) is 1. The van der Waals surface area contributed by atoms with E-state index in [1.807, 2.05) is 36.4 Å². The summed E-state index contributed by atoms with van der Waals surface area (Å²) < 4.78 is 0. The Kier molecular flexibility index (Phi) is 2.34. The summed E-state index contributed by atoms with van der Waals surface area (Å²) >= 11 is 0. The maximum atomic E-state index is 11.9. The van der Waals surface area contributed by atoms with Crippen LogP contribution >= 0.6 is 0 Å². The molecule has 0 bridgehead atoms. The second-order valence-corrected chi connectivity index (χ2v) is 4.05. The molecule has 3 N–H and O–H groups in total. The average Bonchev–Trinajstić information content (AvgIpc) is 2.69.